The summed E-state index contributed by atoms with van der Waals surface area (Å²) >= 11 is 0. The predicted octanol–water partition coefficient (Wildman–Crippen LogP) is 0.001000. The summed E-state index contributed by atoms with van der Waals surface area (Å²) in [6.45, 7) is 2.46. The van der Waals surface area contributed by atoms with E-state index in [0.29, 0.717) is 18.1 Å². The molecular weight excluding hydrogens is 234 g/mol. The van der Waals surface area contributed by atoms with Crippen LogP contribution in [0.3, 0.4) is 0 Å². The molecule has 1 fully saturated rings. The second kappa shape index (κ2) is 4.87. The van der Waals surface area contributed by atoms with Gasteiger partial charge in [0.05, 0.1) is 31.7 Å². The fourth-order valence-electron chi connectivity index (χ4n) is 1.96. The van der Waals surface area contributed by atoms with Crippen LogP contribution in [0.1, 0.15) is 5.89 Å². The summed E-state index contributed by atoms with van der Waals surface area (Å²) < 4.78 is 12.7. The lowest BCUT2D eigenvalue weighted by Gasteiger charge is -2.21. The topological polar surface area (TPSA) is 78.0 Å². The molecule has 18 heavy (non-hydrogen) atoms. The van der Waals surface area contributed by atoms with Crippen molar-refractivity contribution in [3.05, 3.63) is 18.4 Å². The van der Waals surface area contributed by atoms with Crippen LogP contribution in [0.5, 0.6) is 0 Å². The number of hydrogen-bond acceptors (Lipinski definition) is 6. The van der Waals surface area contributed by atoms with Crippen LogP contribution in [0.2, 0.25) is 0 Å². The highest BCUT2D eigenvalue weighted by atomic mass is 16.5. The molecule has 0 radical (unpaired) electrons. The van der Waals surface area contributed by atoms with Crippen LogP contribution in [0.15, 0.2) is 17.0 Å². The average molecular weight is 249 g/mol. The van der Waals surface area contributed by atoms with Gasteiger partial charge in [0.25, 0.3) is 0 Å². The molecule has 1 aliphatic rings. The molecule has 3 heterocycles. The smallest absolute Gasteiger partial charge is 0.229 e. The lowest BCUT2D eigenvalue weighted by Crippen LogP contribution is -2.39. The zero-order valence-electron chi connectivity index (χ0n) is 10.2. The molecule has 0 aliphatic carbocycles. The van der Waals surface area contributed by atoms with E-state index in [2.05, 4.69) is 20.4 Å². The Hall–Kier alpha value is -1.73. The third kappa shape index (κ3) is 2.27. The van der Waals surface area contributed by atoms with Gasteiger partial charge in [-0.2, -0.15) is 4.98 Å². The van der Waals surface area contributed by atoms with E-state index in [0.717, 1.165) is 25.4 Å². The second-order valence-electron chi connectivity index (χ2n) is 4.30. The molecule has 1 N–H and O–H groups in total. The van der Waals surface area contributed by atoms with Gasteiger partial charge in [0.1, 0.15) is 5.69 Å². The maximum absolute atomic E-state index is 5.60. The quantitative estimate of drug-likeness (QED) is 0.825. The zero-order chi connectivity index (χ0) is 12.4. The van der Waals surface area contributed by atoms with Crippen LogP contribution >= 0.6 is 0 Å². The Kier molecular flexibility index (Phi) is 3.07. The van der Waals surface area contributed by atoms with E-state index in [-0.39, 0.29) is 6.10 Å². The average Bonchev–Trinajstić information content (AvgIpc) is 2.99. The molecule has 1 unspecified atom stereocenters. The van der Waals surface area contributed by atoms with Crippen LogP contribution in [0.4, 0.5) is 0 Å². The van der Waals surface area contributed by atoms with E-state index in [1.807, 2.05) is 11.6 Å². The first-order valence-electron chi connectivity index (χ1n) is 5.94. The summed E-state index contributed by atoms with van der Waals surface area (Å²) in [4.78, 5) is 8.39. The third-order valence-corrected chi connectivity index (χ3v) is 2.92. The van der Waals surface area contributed by atoms with Gasteiger partial charge in [-0.25, -0.2) is 4.98 Å². The van der Waals surface area contributed by atoms with Gasteiger partial charge in [-0.15, -0.1) is 0 Å². The predicted molar refractivity (Wildman–Crippen MR) is 62.8 cm³/mol. The van der Waals surface area contributed by atoms with Crippen LogP contribution in [-0.2, 0) is 18.2 Å². The van der Waals surface area contributed by atoms with Crippen molar-refractivity contribution in [2.24, 2.45) is 7.05 Å². The van der Waals surface area contributed by atoms with Crippen molar-refractivity contribution in [3.63, 3.8) is 0 Å². The standard InChI is InChI=1S/C11H15N5O2/c1-16-7-13-6-9(16)11-14-10(18-15-11)4-8-5-12-2-3-17-8/h6-8,12H,2-5H2,1H3. The molecule has 3 rings (SSSR count). The highest BCUT2D eigenvalue weighted by Gasteiger charge is 2.18. The Balaban J connectivity index is 1.71. The number of morpholine rings is 1. The molecule has 0 bridgehead atoms. The maximum atomic E-state index is 5.60. The fraction of sp³-hybridized carbons (Fsp3) is 0.545. The molecule has 7 nitrogen and oxygen atoms in total. The highest BCUT2D eigenvalue weighted by molar-refractivity contribution is 5.46. The summed E-state index contributed by atoms with van der Waals surface area (Å²) in [6, 6.07) is 0. The van der Waals surface area contributed by atoms with E-state index in [1.54, 1.807) is 12.5 Å². The maximum Gasteiger partial charge on any atom is 0.229 e. The van der Waals surface area contributed by atoms with Crippen molar-refractivity contribution in [2.45, 2.75) is 12.5 Å². The van der Waals surface area contributed by atoms with Gasteiger partial charge in [0, 0.05) is 20.1 Å². The molecule has 2 aromatic rings. The number of nitrogens with one attached hydrogen (secondary N) is 1. The lowest BCUT2D eigenvalue weighted by molar-refractivity contribution is 0.0246. The number of imidazole rings is 1. The number of ether oxygens (including phenoxy) is 1. The molecule has 0 amide bonds. The van der Waals surface area contributed by atoms with E-state index in [4.69, 9.17) is 9.26 Å². The highest BCUT2D eigenvalue weighted by Crippen LogP contribution is 2.15. The zero-order valence-corrected chi connectivity index (χ0v) is 10.2. The Morgan fingerprint density at radius 1 is 1.56 bits per heavy atom. The van der Waals surface area contributed by atoms with Gasteiger partial charge in [0.2, 0.25) is 11.7 Å². The van der Waals surface area contributed by atoms with E-state index in [1.165, 1.54) is 0 Å². The van der Waals surface area contributed by atoms with Crippen molar-refractivity contribution in [2.75, 3.05) is 19.7 Å². The number of nitrogens with zero attached hydrogens (tertiary/aromatic N) is 4. The number of rotatable bonds is 3. The Morgan fingerprint density at radius 2 is 2.50 bits per heavy atom. The minimum Gasteiger partial charge on any atom is -0.375 e. The third-order valence-electron chi connectivity index (χ3n) is 2.92. The van der Waals surface area contributed by atoms with E-state index < -0.39 is 0 Å². The molecule has 0 saturated carbocycles. The van der Waals surface area contributed by atoms with Gasteiger partial charge in [-0.3, -0.25) is 0 Å². The van der Waals surface area contributed by atoms with E-state index in [9.17, 15) is 0 Å². The monoisotopic (exact) mass is 249 g/mol. The van der Waals surface area contributed by atoms with Gasteiger partial charge in [0.15, 0.2) is 0 Å². The first kappa shape index (κ1) is 11.4. The van der Waals surface area contributed by atoms with Gasteiger partial charge >= 0.3 is 0 Å². The minimum atomic E-state index is 0.110. The number of hydrogen-bond donors (Lipinski definition) is 1. The molecule has 96 valence electrons. The van der Waals surface area contributed by atoms with Crippen LogP contribution < -0.4 is 5.32 Å². The first-order chi connectivity index (χ1) is 8.83. The minimum absolute atomic E-state index is 0.110. The molecule has 1 aliphatic heterocycles. The van der Waals surface area contributed by atoms with Gasteiger partial charge in [-0.05, 0) is 0 Å². The lowest BCUT2D eigenvalue weighted by atomic mass is 10.2. The molecular formula is C11H15N5O2. The largest absolute Gasteiger partial charge is 0.375 e. The molecule has 7 heteroatoms. The van der Waals surface area contributed by atoms with Crippen molar-refractivity contribution in [1.82, 2.24) is 25.0 Å². The summed E-state index contributed by atoms with van der Waals surface area (Å²) in [5, 5.41) is 7.23. The van der Waals surface area contributed by atoms with E-state index >= 15 is 0 Å². The molecule has 1 saturated heterocycles. The van der Waals surface area contributed by atoms with Crippen LogP contribution in [0.25, 0.3) is 11.5 Å². The van der Waals surface area contributed by atoms with Crippen molar-refractivity contribution >= 4 is 0 Å². The number of aryl methyl sites for hydroxylation is 1. The second-order valence-corrected chi connectivity index (χ2v) is 4.30. The van der Waals surface area contributed by atoms with Crippen molar-refractivity contribution in [1.29, 1.82) is 0 Å². The summed E-state index contributed by atoms with van der Waals surface area (Å²) in [6.07, 6.45) is 4.17. The van der Waals surface area contributed by atoms with Crippen molar-refractivity contribution < 1.29 is 9.26 Å². The fourth-order valence-corrected chi connectivity index (χ4v) is 1.96. The normalized spacial score (nSPS) is 20.2. The van der Waals surface area contributed by atoms with Gasteiger partial charge in [-0.1, -0.05) is 5.16 Å². The number of aromatic nitrogens is 4. The summed E-state index contributed by atoms with van der Waals surface area (Å²) in [5.41, 5.74) is 0.840. The molecule has 0 spiro atoms. The van der Waals surface area contributed by atoms with Crippen LogP contribution in [-0.4, -0.2) is 45.5 Å². The SMILES string of the molecule is Cn1cncc1-c1noc(CC2CNCCO2)n1. The summed E-state index contributed by atoms with van der Waals surface area (Å²) in [5.74, 6) is 1.16. The molecule has 2 aromatic heterocycles. The molecule has 1 atom stereocenters. The van der Waals surface area contributed by atoms with Gasteiger partial charge < -0.3 is 19.1 Å². The van der Waals surface area contributed by atoms with Crippen molar-refractivity contribution in [3.8, 4) is 11.5 Å². The molecule has 0 aromatic carbocycles. The first-order valence-corrected chi connectivity index (χ1v) is 5.94. The Bertz CT molecular complexity index is 515. The summed E-state index contributed by atoms with van der Waals surface area (Å²) in [7, 11) is 1.90. The Labute approximate surface area is 104 Å². The Morgan fingerprint density at radius 3 is 3.22 bits per heavy atom. The van der Waals surface area contributed by atoms with Crippen LogP contribution in [0, 0.1) is 0 Å².